The van der Waals surface area contributed by atoms with E-state index >= 15 is 0 Å². The van der Waals surface area contributed by atoms with Crippen molar-refractivity contribution in [2.75, 3.05) is 13.2 Å². The fraction of sp³-hybridized carbons (Fsp3) is 0.875. The predicted molar refractivity (Wildman–Crippen MR) is 266 cm³/mol. The van der Waals surface area contributed by atoms with Gasteiger partial charge in [-0.15, -0.1) is 0 Å². The summed E-state index contributed by atoms with van der Waals surface area (Å²) in [5.41, 5.74) is 0. The first-order valence-electron chi connectivity index (χ1n) is 27.3. The van der Waals surface area contributed by atoms with Crippen molar-refractivity contribution in [1.82, 2.24) is 0 Å². The van der Waals surface area contributed by atoms with E-state index in [0.29, 0.717) is 19.3 Å². The average molecular weight is 873 g/mol. The molecule has 364 valence electrons. The van der Waals surface area contributed by atoms with Gasteiger partial charge >= 0.3 is 17.9 Å². The molecule has 0 saturated carbocycles. The van der Waals surface area contributed by atoms with Crippen LogP contribution in [0.25, 0.3) is 0 Å². The molecule has 0 aromatic carbocycles. The topological polar surface area (TPSA) is 78.9 Å². The van der Waals surface area contributed by atoms with Crippen molar-refractivity contribution < 1.29 is 28.6 Å². The zero-order valence-electron chi connectivity index (χ0n) is 41.7. The van der Waals surface area contributed by atoms with Crippen molar-refractivity contribution >= 4 is 17.9 Å². The van der Waals surface area contributed by atoms with E-state index in [1.165, 1.54) is 193 Å². The molecule has 0 aliphatic heterocycles. The van der Waals surface area contributed by atoms with Crippen molar-refractivity contribution in [2.45, 2.75) is 303 Å². The normalized spacial score (nSPS) is 12.1. The second-order valence-electron chi connectivity index (χ2n) is 18.5. The van der Waals surface area contributed by atoms with E-state index in [0.717, 1.165) is 64.2 Å². The van der Waals surface area contributed by atoms with Crippen LogP contribution in [0.15, 0.2) is 24.3 Å². The molecule has 0 aromatic rings. The van der Waals surface area contributed by atoms with Crippen LogP contribution in [-0.2, 0) is 28.6 Å². The van der Waals surface area contributed by atoms with Gasteiger partial charge in [0, 0.05) is 19.3 Å². The third kappa shape index (κ3) is 48.9. The largest absolute Gasteiger partial charge is 0.462 e. The molecule has 0 aliphatic carbocycles. The summed E-state index contributed by atoms with van der Waals surface area (Å²) in [5.74, 6) is -0.870. The van der Waals surface area contributed by atoms with Gasteiger partial charge in [0.1, 0.15) is 13.2 Å². The van der Waals surface area contributed by atoms with Crippen molar-refractivity contribution in [2.24, 2.45) is 0 Å². The van der Waals surface area contributed by atoms with E-state index in [1.54, 1.807) is 0 Å². The van der Waals surface area contributed by atoms with E-state index in [-0.39, 0.29) is 31.1 Å². The van der Waals surface area contributed by atoms with Crippen LogP contribution in [-0.4, -0.2) is 37.2 Å². The molecule has 6 heteroatoms. The molecule has 0 spiro atoms. The number of allylic oxidation sites excluding steroid dienone is 4. The molecule has 0 amide bonds. The molecule has 0 rings (SSSR count). The first-order valence-corrected chi connectivity index (χ1v) is 27.3. The van der Waals surface area contributed by atoms with Gasteiger partial charge in [-0.25, -0.2) is 0 Å². The molecule has 0 aliphatic rings. The van der Waals surface area contributed by atoms with Crippen LogP contribution in [0.1, 0.15) is 297 Å². The molecule has 0 saturated heterocycles. The quantitative estimate of drug-likeness (QED) is 0.0262. The number of ether oxygens (including phenoxy) is 3. The third-order valence-corrected chi connectivity index (χ3v) is 12.2. The predicted octanol–water partition coefficient (Wildman–Crippen LogP) is 17.9. The van der Waals surface area contributed by atoms with Crippen molar-refractivity contribution in [3.05, 3.63) is 24.3 Å². The Morgan fingerprint density at radius 2 is 0.532 bits per heavy atom. The number of rotatable bonds is 50. The summed E-state index contributed by atoms with van der Waals surface area (Å²) in [6, 6.07) is 0. The summed E-state index contributed by atoms with van der Waals surface area (Å²) >= 11 is 0. The highest BCUT2D eigenvalue weighted by Crippen LogP contribution is 2.16. The lowest BCUT2D eigenvalue weighted by atomic mass is 10.0. The van der Waals surface area contributed by atoms with Gasteiger partial charge in [0.25, 0.3) is 0 Å². The molecule has 0 bridgehead atoms. The molecule has 0 unspecified atom stereocenters. The van der Waals surface area contributed by atoms with Crippen molar-refractivity contribution in [3.63, 3.8) is 0 Å². The third-order valence-electron chi connectivity index (χ3n) is 12.2. The van der Waals surface area contributed by atoms with Gasteiger partial charge in [-0.3, -0.25) is 14.4 Å². The van der Waals surface area contributed by atoms with Gasteiger partial charge in [0.05, 0.1) is 0 Å². The summed E-state index contributed by atoms with van der Waals surface area (Å²) < 4.78 is 16.8. The van der Waals surface area contributed by atoms with Gasteiger partial charge in [-0.1, -0.05) is 231 Å². The molecule has 0 fully saturated rings. The minimum atomic E-state index is -0.772. The monoisotopic (exact) mass is 873 g/mol. The highest BCUT2D eigenvalue weighted by molar-refractivity contribution is 5.71. The van der Waals surface area contributed by atoms with Gasteiger partial charge in [-0.2, -0.15) is 0 Å². The molecule has 0 heterocycles. The second-order valence-corrected chi connectivity index (χ2v) is 18.5. The minimum absolute atomic E-state index is 0.0717. The van der Waals surface area contributed by atoms with Crippen molar-refractivity contribution in [1.29, 1.82) is 0 Å². The van der Waals surface area contributed by atoms with Gasteiger partial charge < -0.3 is 14.2 Å². The highest BCUT2D eigenvalue weighted by atomic mass is 16.6. The minimum Gasteiger partial charge on any atom is -0.462 e. The summed E-state index contributed by atoms with van der Waals surface area (Å²) in [6.45, 7) is 6.65. The molecule has 0 radical (unpaired) electrons. The molecule has 6 nitrogen and oxygen atoms in total. The van der Waals surface area contributed by atoms with Crippen molar-refractivity contribution in [3.8, 4) is 0 Å². The number of carbonyl (C=O) groups is 3. The number of unbranched alkanes of at least 4 members (excludes halogenated alkanes) is 35. The first kappa shape index (κ1) is 59.9. The molecule has 0 aromatic heterocycles. The summed E-state index contributed by atoms with van der Waals surface area (Å²) in [5, 5.41) is 0. The molecular formula is C56H104O6. The smallest absolute Gasteiger partial charge is 0.306 e. The zero-order chi connectivity index (χ0) is 45.1. The Balaban J connectivity index is 4.35. The van der Waals surface area contributed by atoms with Crippen LogP contribution in [0.4, 0.5) is 0 Å². The lowest BCUT2D eigenvalue weighted by molar-refractivity contribution is -0.167. The van der Waals surface area contributed by atoms with E-state index in [1.807, 2.05) is 0 Å². The summed E-state index contributed by atoms with van der Waals surface area (Å²) in [6.07, 6.45) is 58.7. The maximum Gasteiger partial charge on any atom is 0.306 e. The fourth-order valence-electron chi connectivity index (χ4n) is 8.02. The molecule has 0 N–H and O–H groups in total. The van der Waals surface area contributed by atoms with Crippen LogP contribution < -0.4 is 0 Å². The maximum absolute atomic E-state index is 12.8. The van der Waals surface area contributed by atoms with Crippen LogP contribution in [0.5, 0.6) is 0 Å². The SMILES string of the molecule is CCCCCCCC/C=C\CCCCCCCCCC(=O)O[C@H](COC(=O)CCCCCCC/C=C\CCCCCCCC)COC(=O)CCCCCCCCCCCCCC. The maximum atomic E-state index is 12.8. The van der Waals surface area contributed by atoms with Crippen LogP contribution in [0.2, 0.25) is 0 Å². The fourth-order valence-corrected chi connectivity index (χ4v) is 8.02. The van der Waals surface area contributed by atoms with E-state index < -0.39 is 6.10 Å². The zero-order valence-corrected chi connectivity index (χ0v) is 41.7. The lowest BCUT2D eigenvalue weighted by Crippen LogP contribution is -2.30. The number of esters is 3. The Labute approximate surface area is 385 Å². The highest BCUT2D eigenvalue weighted by Gasteiger charge is 2.19. The van der Waals surface area contributed by atoms with Gasteiger partial charge in [0.2, 0.25) is 0 Å². The van der Waals surface area contributed by atoms with E-state index in [4.69, 9.17) is 14.2 Å². The van der Waals surface area contributed by atoms with E-state index in [2.05, 4.69) is 45.1 Å². The number of hydrogen-bond donors (Lipinski definition) is 0. The van der Waals surface area contributed by atoms with Crippen LogP contribution in [0.3, 0.4) is 0 Å². The lowest BCUT2D eigenvalue weighted by Gasteiger charge is -2.18. The molecule has 62 heavy (non-hydrogen) atoms. The van der Waals surface area contributed by atoms with Crippen LogP contribution in [0, 0.1) is 0 Å². The Morgan fingerprint density at radius 1 is 0.306 bits per heavy atom. The Morgan fingerprint density at radius 3 is 0.806 bits per heavy atom. The number of carbonyl (C=O) groups excluding carboxylic acids is 3. The summed E-state index contributed by atoms with van der Waals surface area (Å²) in [7, 11) is 0. The molecule has 1 atom stereocenters. The second kappa shape index (κ2) is 51.5. The van der Waals surface area contributed by atoms with E-state index in [9.17, 15) is 14.4 Å². The summed E-state index contributed by atoms with van der Waals surface area (Å²) in [4.78, 5) is 38.0. The molecular weight excluding hydrogens is 769 g/mol. The standard InChI is InChI=1S/C56H104O6/c1-4-7-10-13-16-19-22-25-27-28-30-32-35-38-41-44-47-50-56(59)62-53(51-60-54(57)48-45-42-39-36-33-24-21-18-15-12-9-6-3)52-61-55(58)49-46-43-40-37-34-31-29-26-23-20-17-14-11-8-5-2/h25-27,29,53H,4-24,28,30-52H2,1-3H3/b27-25-,29-26-/t53-/m0/s1. The van der Waals surface area contributed by atoms with Crippen LogP contribution >= 0.6 is 0 Å². The number of hydrogen-bond acceptors (Lipinski definition) is 6. The Kier molecular flexibility index (Phi) is 49.8. The average Bonchev–Trinajstić information content (AvgIpc) is 3.27. The Bertz CT molecular complexity index is 1000. The first-order chi connectivity index (χ1) is 30.5. The Hall–Kier alpha value is -2.11. The van der Waals surface area contributed by atoms with Gasteiger partial charge in [0.15, 0.2) is 6.10 Å². The van der Waals surface area contributed by atoms with Gasteiger partial charge in [-0.05, 0) is 70.6 Å².